The molecule has 1 unspecified atom stereocenters. The number of nitrogens with zero attached hydrogens (tertiary/aromatic N) is 2. The van der Waals surface area contributed by atoms with E-state index in [1.54, 1.807) is 25.1 Å². The molecule has 28 heavy (non-hydrogen) atoms. The zero-order valence-corrected chi connectivity index (χ0v) is 17.4. The minimum atomic E-state index is -1.65. The second-order valence-electron chi connectivity index (χ2n) is 6.94. The summed E-state index contributed by atoms with van der Waals surface area (Å²) in [4.78, 5) is 18.5. The number of fused-ring (bicyclic) bond motifs is 1. The normalized spacial score (nSPS) is 22.8. The molecule has 0 N–H and O–H groups in total. The van der Waals surface area contributed by atoms with Crippen LogP contribution >= 0.6 is 8.46 Å². The van der Waals surface area contributed by atoms with E-state index < -0.39 is 20.0 Å². The number of aliphatic imine (C=N–C) groups is 1. The molecule has 8 nitrogen and oxygen atoms in total. The van der Waals surface area contributed by atoms with Crippen LogP contribution in [0.3, 0.4) is 0 Å². The van der Waals surface area contributed by atoms with Gasteiger partial charge in [0.1, 0.15) is 6.61 Å². The van der Waals surface area contributed by atoms with Crippen molar-refractivity contribution in [3.8, 4) is 0 Å². The molecule has 0 aromatic heterocycles. The Hall–Kier alpha value is -2.44. The number of ether oxygens (including phenoxy) is 4. The van der Waals surface area contributed by atoms with Crippen LogP contribution < -0.4 is 4.90 Å². The van der Waals surface area contributed by atoms with Gasteiger partial charge in [0.05, 0.1) is 24.9 Å². The number of carbonyl (C=O) groups excluding carboxylic acids is 1. The smallest absolute Gasteiger partial charge is 0.417 e. The predicted octanol–water partition coefficient (Wildman–Crippen LogP) is 3.80. The van der Waals surface area contributed by atoms with E-state index in [1.165, 1.54) is 19.1 Å². The number of amides is 1. The van der Waals surface area contributed by atoms with E-state index in [0.29, 0.717) is 23.8 Å². The zero-order chi connectivity index (χ0) is 20.5. The lowest BCUT2D eigenvalue weighted by atomic mass is 10.0. The Morgan fingerprint density at radius 1 is 1.36 bits per heavy atom. The highest BCUT2D eigenvalue weighted by Crippen LogP contribution is 2.46. The van der Waals surface area contributed by atoms with Gasteiger partial charge in [-0.15, -0.1) is 0 Å². The predicted molar refractivity (Wildman–Crippen MR) is 105 cm³/mol. The molecule has 1 atom stereocenters. The van der Waals surface area contributed by atoms with Crippen molar-refractivity contribution in [3.63, 3.8) is 0 Å². The van der Waals surface area contributed by atoms with E-state index >= 15 is 0 Å². The number of carbonyl (C=O) groups is 1. The first-order valence-electron chi connectivity index (χ1n) is 8.81. The van der Waals surface area contributed by atoms with Crippen molar-refractivity contribution in [2.24, 2.45) is 4.99 Å². The van der Waals surface area contributed by atoms with Gasteiger partial charge < -0.3 is 18.9 Å². The highest BCUT2D eigenvalue weighted by Gasteiger charge is 2.51. The molecule has 0 bridgehead atoms. The molecule has 3 rings (SSSR count). The van der Waals surface area contributed by atoms with Crippen molar-refractivity contribution in [3.05, 3.63) is 35.1 Å². The molecule has 1 aromatic rings. The van der Waals surface area contributed by atoms with Gasteiger partial charge in [-0.3, -0.25) is 4.57 Å². The summed E-state index contributed by atoms with van der Waals surface area (Å²) in [7, 11) is 2.31. The molecule has 0 aliphatic carbocycles. The Morgan fingerprint density at radius 3 is 2.64 bits per heavy atom. The van der Waals surface area contributed by atoms with Crippen LogP contribution in [0.4, 0.5) is 10.5 Å². The second kappa shape index (κ2) is 7.53. The third-order valence-electron chi connectivity index (χ3n) is 4.47. The average Bonchev–Trinajstić information content (AvgIpc) is 3.05. The molecule has 0 spiro atoms. The van der Waals surface area contributed by atoms with E-state index in [0.717, 1.165) is 5.56 Å². The molecule has 2 aliphatic heterocycles. The number of anilines is 1. The molecule has 1 amide bonds. The number of methoxy groups -OCH3 is 2. The number of rotatable bonds is 5. The fourth-order valence-electron chi connectivity index (χ4n) is 3.16. The molecule has 0 saturated heterocycles. The van der Waals surface area contributed by atoms with E-state index in [2.05, 4.69) is 4.99 Å². The SMILES string of the molecule is CCOC(=O)N1c2ccc(C3=NC(C)(C)CO3)cc2C=C(OC)C1(OC)P=O. The Balaban J connectivity index is 2.16. The van der Waals surface area contributed by atoms with Gasteiger partial charge in [-0.2, -0.15) is 0 Å². The summed E-state index contributed by atoms with van der Waals surface area (Å²) >= 11 is 0. The van der Waals surface area contributed by atoms with Crippen LogP contribution in [0.1, 0.15) is 31.9 Å². The van der Waals surface area contributed by atoms with Crippen LogP contribution in [0.2, 0.25) is 0 Å². The maximum atomic E-state index is 12.7. The van der Waals surface area contributed by atoms with Gasteiger partial charge in [0.2, 0.25) is 14.4 Å². The van der Waals surface area contributed by atoms with E-state index in [9.17, 15) is 9.36 Å². The van der Waals surface area contributed by atoms with E-state index in [-0.39, 0.29) is 17.9 Å². The Morgan fingerprint density at radius 2 is 2.11 bits per heavy atom. The first-order valence-corrected chi connectivity index (χ1v) is 9.63. The van der Waals surface area contributed by atoms with Gasteiger partial charge in [-0.05, 0) is 45.0 Å². The van der Waals surface area contributed by atoms with Crippen LogP contribution in [-0.2, 0) is 23.5 Å². The van der Waals surface area contributed by atoms with Crippen LogP contribution in [0, 0.1) is 0 Å². The van der Waals surface area contributed by atoms with Gasteiger partial charge in [-0.1, -0.05) is 0 Å². The van der Waals surface area contributed by atoms with Crippen LogP contribution in [0.5, 0.6) is 0 Å². The van der Waals surface area contributed by atoms with Crippen molar-refractivity contribution >= 4 is 32.2 Å². The number of benzene rings is 1. The Labute approximate surface area is 165 Å². The Bertz CT molecular complexity index is 866. The minimum Gasteiger partial charge on any atom is -0.495 e. The summed E-state index contributed by atoms with van der Waals surface area (Å²) in [6.45, 7) is 6.33. The molecule has 2 aliphatic rings. The van der Waals surface area contributed by atoms with Crippen LogP contribution in [-0.4, -0.2) is 50.4 Å². The topological polar surface area (TPSA) is 86.7 Å². The van der Waals surface area contributed by atoms with E-state index in [4.69, 9.17) is 18.9 Å². The van der Waals surface area contributed by atoms with Crippen molar-refractivity contribution in [1.82, 2.24) is 0 Å². The quantitative estimate of drug-likeness (QED) is 0.692. The fourth-order valence-corrected chi connectivity index (χ4v) is 3.76. The molecular formula is C19H23N2O6P. The summed E-state index contributed by atoms with van der Waals surface area (Å²) in [5, 5.41) is 0. The van der Waals surface area contributed by atoms with Gasteiger partial charge >= 0.3 is 6.09 Å². The van der Waals surface area contributed by atoms with Gasteiger partial charge in [0.15, 0.2) is 5.76 Å². The highest BCUT2D eigenvalue weighted by molar-refractivity contribution is 7.26. The number of hydrogen-bond acceptors (Lipinski definition) is 7. The summed E-state index contributed by atoms with van der Waals surface area (Å²) < 4.78 is 33.9. The first-order chi connectivity index (χ1) is 13.3. The maximum Gasteiger partial charge on any atom is 0.417 e. The molecular weight excluding hydrogens is 383 g/mol. The van der Waals surface area contributed by atoms with Crippen molar-refractivity contribution in [1.29, 1.82) is 0 Å². The summed E-state index contributed by atoms with van der Waals surface area (Å²) in [5.74, 6) is 0.743. The average molecular weight is 406 g/mol. The highest BCUT2D eigenvalue weighted by atomic mass is 31.1. The lowest BCUT2D eigenvalue weighted by Gasteiger charge is -2.40. The molecule has 9 heteroatoms. The van der Waals surface area contributed by atoms with Crippen molar-refractivity contribution in [2.75, 3.05) is 32.3 Å². The first kappa shape index (κ1) is 20.3. The minimum absolute atomic E-state index is 0.157. The van der Waals surface area contributed by atoms with Gasteiger partial charge in [0.25, 0.3) is 5.47 Å². The molecule has 150 valence electrons. The molecule has 0 saturated carbocycles. The largest absolute Gasteiger partial charge is 0.495 e. The zero-order valence-electron chi connectivity index (χ0n) is 16.5. The number of hydrogen-bond donors (Lipinski definition) is 0. The fraction of sp³-hybridized carbons (Fsp3) is 0.474. The lowest BCUT2D eigenvalue weighted by Crippen LogP contribution is -2.53. The second-order valence-corrected chi connectivity index (χ2v) is 7.73. The maximum absolute atomic E-state index is 12.7. The van der Waals surface area contributed by atoms with Crippen molar-refractivity contribution in [2.45, 2.75) is 31.8 Å². The summed E-state index contributed by atoms with van der Waals surface area (Å²) in [6.07, 6.45) is 0.990. The van der Waals surface area contributed by atoms with E-state index in [1.807, 2.05) is 19.9 Å². The summed E-state index contributed by atoms with van der Waals surface area (Å²) in [5.41, 5.74) is -0.0356. The van der Waals surface area contributed by atoms with Crippen LogP contribution in [0.15, 0.2) is 29.0 Å². The van der Waals surface area contributed by atoms with Gasteiger partial charge in [0, 0.05) is 18.2 Å². The van der Waals surface area contributed by atoms with Crippen LogP contribution in [0.25, 0.3) is 6.08 Å². The monoisotopic (exact) mass is 406 g/mol. The molecule has 1 aromatic carbocycles. The standard InChI is InChI=1S/C19H23N2O6P/c1-6-26-17(22)21-14-8-7-12(16-20-18(2,3)11-27-16)9-13(14)10-15(24-4)19(21,25-5)28-23/h7-10H,6,11H2,1-5H3. The Kier molecular flexibility index (Phi) is 5.46. The molecule has 0 fully saturated rings. The van der Waals surface area contributed by atoms with Gasteiger partial charge in [-0.25, -0.2) is 14.7 Å². The summed E-state index contributed by atoms with van der Waals surface area (Å²) in [6, 6.07) is 5.35. The third kappa shape index (κ3) is 3.27. The molecule has 0 radical (unpaired) electrons. The van der Waals surface area contributed by atoms with Crippen molar-refractivity contribution < 1.29 is 28.3 Å². The third-order valence-corrected chi connectivity index (χ3v) is 5.32. The lowest BCUT2D eigenvalue weighted by molar-refractivity contribution is 0.0409. The molecule has 2 heterocycles.